The molecule has 0 radical (unpaired) electrons. The van der Waals surface area contributed by atoms with E-state index in [1.54, 1.807) is 0 Å². The van der Waals surface area contributed by atoms with Crippen LogP contribution in [-0.4, -0.2) is 47.8 Å². The van der Waals surface area contributed by atoms with Crippen LogP contribution in [-0.2, 0) is 0 Å². The molecule has 0 amide bonds. The Hall–Kier alpha value is -0.120. The third-order valence-corrected chi connectivity index (χ3v) is 5.32. The van der Waals surface area contributed by atoms with Crippen molar-refractivity contribution >= 4 is 0 Å². The molecular weight excluding hydrogens is 236 g/mol. The van der Waals surface area contributed by atoms with E-state index in [2.05, 4.69) is 31.0 Å². The second-order valence-electron chi connectivity index (χ2n) is 7.62. The Morgan fingerprint density at radius 1 is 1.16 bits per heavy atom. The Morgan fingerprint density at radius 2 is 1.79 bits per heavy atom. The van der Waals surface area contributed by atoms with Gasteiger partial charge in [0.15, 0.2) is 0 Å². The minimum Gasteiger partial charge on any atom is -0.390 e. The van der Waals surface area contributed by atoms with Gasteiger partial charge < -0.3 is 15.3 Å². The fraction of sp³-hybridized carbons (Fsp3) is 1.00. The van der Waals surface area contributed by atoms with Crippen molar-refractivity contribution in [3.8, 4) is 0 Å². The third kappa shape index (κ3) is 3.71. The highest BCUT2D eigenvalue weighted by Gasteiger charge is 2.42. The van der Waals surface area contributed by atoms with E-state index in [0.717, 1.165) is 38.4 Å². The van der Waals surface area contributed by atoms with E-state index in [1.807, 2.05) is 6.92 Å². The Bertz CT molecular complexity index is 291. The first-order chi connectivity index (χ1) is 8.84. The lowest BCUT2D eigenvalue weighted by Gasteiger charge is -2.39. The van der Waals surface area contributed by atoms with Crippen LogP contribution in [0.15, 0.2) is 0 Å². The molecule has 1 saturated carbocycles. The van der Waals surface area contributed by atoms with Gasteiger partial charge in [-0.3, -0.25) is 0 Å². The summed E-state index contributed by atoms with van der Waals surface area (Å²) in [6.07, 6.45) is 4.53. The molecule has 0 aromatic carbocycles. The lowest BCUT2D eigenvalue weighted by molar-refractivity contribution is -0.00995. The Morgan fingerprint density at radius 3 is 2.37 bits per heavy atom. The van der Waals surface area contributed by atoms with Crippen molar-refractivity contribution in [1.82, 2.24) is 10.2 Å². The first kappa shape index (κ1) is 15.3. The van der Waals surface area contributed by atoms with Crippen LogP contribution >= 0.6 is 0 Å². The van der Waals surface area contributed by atoms with E-state index >= 15 is 0 Å². The lowest BCUT2D eigenvalue weighted by Crippen LogP contribution is -2.48. The fourth-order valence-electron chi connectivity index (χ4n) is 3.93. The molecule has 2 aliphatic rings. The second kappa shape index (κ2) is 5.71. The van der Waals surface area contributed by atoms with Crippen molar-refractivity contribution < 1.29 is 5.11 Å². The van der Waals surface area contributed by atoms with E-state index in [-0.39, 0.29) is 0 Å². The van der Waals surface area contributed by atoms with Crippen LogP contribution < -0.4 is 5.32 Å². The fourth-order valence-corrected chi connectivity index (χ4v) is 3.93. The summed E-state index contributed by atoms with van der Waals surface area (Å²) in [5.74, 6) is 0.776. The summed E-state index contributed by atoms with van der Waals surface area (Å²) in [6.45, 7) is 13.4. The smallest absolute Gasteiger partial charge is 0.0644 e. The van der Waals surface area contributed by atoms with Crippen LogP contribution in [0.4, 0.5) is 0 Å². The van der Waals surface area contributed by atoms with Crippen molar-refractivity contribution in [2.75, 3.05) is 26.2 Å². The zero-order valence-corrected chi connectivity index (χ0v) is 13.2. The van der Waals surface area contributed by atoms with Crippen molar-refractivity contribution in [3.63, 3.8) is 0 Å². The van der Waals surface area contributed by atoms with Crippen LogP contribution in [0.2, 0.25) is 0 Å². The maximum Gasteiger partial charge on any atom is 0.0644 e. The number of nitrogens with one attached hydrogen (secondary N) is 1. The predicted molar refractivity (Wildman–Crippen MR) is 80.3 cm³/mol. The molecular formula is C16H32N2O. The van der Waals surface area contributed by atoms with Gasteiger partial charge >= 0.3 is 0 Å². The molecule has 1 saturated heterocycles. The number of nitrogens with zero attached hydrogens (tertiary/aromatic N) is 1. The molecule has 2 atom stereocenters. The molecule has 0 spiro atoms. The summed E-state index contributed by atoms with van der Waals surface area (Å²) >= 11 is 0. The minimum atomic E-state index is -0.424. The summed E-state index contributed by atoms with van der Waals surface area (Å²) < 4.78 is 0. The molecule has 3 nitrogen and oxygen atoms in total. The van der Waals surface area contributed by atoms with Gasteiger partial charge in [0, 0.05) is 25.7 Å². The van der Waals surface area contributed by atoms with E-state index in [9.17, 15) is 5.11 Å². The predicted octanol–water partition coefficient (Wildman–Crippen LogP) is 2.25. The molecule has 2 N–H and O–H groups in total. The summed E-state index contributed by atoms with van der Waals surface area (Å²) in [6, 6.07) is 0.653. The van der Waals surface area contributed by atoms with Gasteiger partial charge in [-0.1, -0.05) is 20.8 Å². The van der Waals surface area contributed by atoms with Gasteiger partial charge in [0.1, 0.15) is 0 Å². The van der Waals surface area contributed by atoms with Gasteiger partial charge in [0.05, 0.1) is 5.60 Å². The van der Waals surface area contributed by atoms with Crippen LogP contribution in [0.1, 0.15) is 53.4 Å². The van der Waals surface area contributed by atoms with Crippen molar-refractivity contribution in [2.45, 2.75) is 65.0 Å². The van der Waals surface area contributed by atoms with Crippen molar-refractivity contribution in [1.29, 1.82) is 0 Å². The highest BCUT2D eigenvalue weighted by atomic mass is 16.3. The maximum absolute atomic E-state index is 10.0. The number of hydrogen-bond acceptors (Lipinski definition) is 3. The Labute approximate surface area is 118 Å². The lowest BCUT2D eigenvalue weighted by atomic mass is 9.84. The maximum atomic E-state index is 10.0. The molecule has 2 rings (SSSR count). The zero-order chi connectivity index (χ0) is 14.1. The van der Waals surface area contributed by atoms with Gasteiger partial charge in [-0.05, 0) is 50.5 Å². The number of aliphatic hydroxyl groups is 1. The van der Waals surface area contributed by atoms with Gasteiger partial charge in [-0.15, -0.1) is 0 Å². The SMILES string of the molecule is CCNC1C(CN2CCC(C)(O)CC2)CCC1(C)C. The van der Waals surface area contributed by atoms with Crippen molar-refractivity contribution in [2.24, 2.45) is 11.3 Å². The average molecular weight is 268 g/mol. The first-order valence-electron chi connectivity index (χ1n) is 8.02. The largest absolute Gasteiger partial charge is 0.390 e. The normalized spacial score (nSPS) is 34.6. The molecule has 0 aromatic heterocycles. The molecule has 1 aliphatic carbocycles. The van der Waals surface area contributed by atoms with Crippen LogP contribution in [0.25, 0.3) is 0 Å². The quantitative estimate of drug-likeness (QED) is 0.821. The molecule has 1 heterocycles. The number of piperidine rings is 1. The van der Waals surface area contributed by atoms with E-state index in [1.165, 1.54) is 19.4 Å². The van der Waals surface area contributed by atoms with Crippen LogP contribution in [0.3, 0.4) is 0 Å². The monoisotopic (exact) mass is 268 g/mol. The highest BCUT2D eigenvalue weighted by molar-refractivity contribution is 4.97. The molecule has 0 bridgehead atoms. The van der Waals surface area contributed by atoms with Crippen molar-refractivity contribution in [3.05, 3.63) is 0 Å². The van der Waals surface area contributed by atoms with E-state index < -0.39 is 5.60 Å². The van der Waals surface area contributed by atoms with Crippen LogP contribution in [0, 0.1) is 11.3 Å². The Kier molecular flexibility index (Phi) is 4.59. The molecule has 2 unspecified atom stereocenters. The number of likely N-dealkylation sites (tertiary alicyclic amines) is 1. The Balaban J connectivity index is 1.89. The number of hydrogen-bond donors (Lipinski definition) is 2. The zero-order valence-electron chi connectivity index (χ0n) is 13.2. The van der Waals surface area contributed by atoms with Gasteiger partial charge in [-0.2, -0.15) is 0 Å². The van der Waals surface area contributed by atoms with Gasteiger partial charge in [-0.25, -0.2) is 0 Å². The summed E-state index contributed by atoms with van der Waals surface area (Å²) in [4.78, 5) is 2.56. The topological polar surface area (TPSA) is 35.5 Å². The molecule has 3 heteroatoms. The molecule has 0 aromatic rings. The average Bonchev–Trinajstić information content (AvgIpc) is 2.60. The van der Waals surface area contributed by atoms with E-state index in [0.29, 0.717) is 11.5 Å². The van der Waals surface area contributed by atoms with Gasteiger partial charge in [0.25, 0.3) is 0 Å². The van der Waals surface area contributed by atoms with Crippen LogP contribution in [0.5, 0.6) is 0 Å². The molecule has 112 valence electrons. The van der Waals surface area contributed by atoms with Gasteiger partial charge in [0.2, 0.25) is 0 Å². The number of rotatable bonds is 4. The third-order valence-electron chi connectivity index (χ3n) is 5.32. The summed E-state index contributed by atoms with van der Waals surface area (Å²) in [5, 5.41) is 13.7. The molecule has 1 aliphatic heterocycles. The summed E-state index contributed by atoms with van der Waals surface area (Å²) in [5.41, 5.74) is 0.00841. The second-order valence-corrected chi connectivity index (χ2v) is 7.62. The highest BCUT2D eigenvalue weighted by Crippen LogP contribution is 2.42. The minimum absolute atomic E-state index is 0.424. The van der Waals surface area contributed by atoms with E-state index in [4.69, 9.17) is 0 Å². The molecule has 2 fully saturated rings. The summed E-state index contributed by atoms with van der Waals surface area (Å²) in [7, 11) is 0. The standard InChI is InChI=1S/C16H32N2O/c1-5-17-14-13(6-7-15(14,2)3)12-18-10-8-16(4,19)9-11-18/h13-14,17,19H,5-12H2,1-4H3. The first-order valence-corrected chi connectivity index (χ1v) is 8.02. The molecule has 19 heavy (non-hydrogen) atoms.